The largest absolute Gasteiger partial charge is 0.495 e. The minimum Gasteiger partial charge on any atom is -0.495 e. The van der Waals surface area contributed by atoms with Crippen LogP contribution in [0, 0.1) is 11.8 Å². The van der Waals surface area contributed by atoms with Crippen molar-refractivity contribution in [1.82, 2.24) is 20.2 Å². The van der Waals surface area contributed by atoms with Gasteiger partial charge < -0.3 is 39.9 Å². The van der Waals surface area contributed by atoms with Gasteiger partial charge in [0, 0.05) is 50.2 Å². The molecule has 13 nitrogen and oxygen atoms in total. The third-order valence-electron chi connectivity index (χ3n) is 10.8. The molecule has 2 aliphatic heterocycles. The minimum absolute atomic E-state index is 0.00990. The second-order valence-electron chi connectivity index (χ2n) is 14.9. The molecule has 13 heteroatoms. The molecule has 1 saturated heterocycles. The van der Waals surface area contributed by atoms with E-state index in [0.29, 0.717) is 54.6 Å². The third-order valence-corrected chi connectivity index (χ3v) is 10.8. The zero-order chi connectivity index (χ0) is 35.1. The second kappa shape index (κ2) is 13.6. The molecule has 4 aliphatic rings. The van der Waals surface area contributed by atoms with Crippen LogP contribution in [0.5, 0.6) is 5.75 Å². The molecule has 2 bridgehead atoms. The fraction of sp³-hybridized carbons (Fsp3) is 0.639. The molecule has 49 heavy (non-hydrogen) atoms. The van der Waals surface area contributed by atoms with Crippen LogP contribution in [0.4, 0.5) is 27.9 Å². The minimum atomic E-state index is -0.637. The number of carbonyl (C=O) groups excluding carboxylic acids is 3. The lowest BCUT2D eigenvalue weighted by atomic mass is 9.74. The highest BCUT2D eigenvalue weighted by molar-refractivity contribution is 6.04. The van der Waals surface area contributed by atoms with Gasteiger partial charge in [0.25, 0.3) is 5.91 Å². The van der Waals surface area contributed by atoms with Gasteiger partial charge in [-0.1, -0.05) is 19.8 Å². The van der Waals surface area contributed by atoms with Crippen molar-refractivity contribution < 1.29 is 29.0 Å². The van der Waals surface area contributed by atoms with Crippen molar-refractivity contribution >= 4 is 41.0 Å². The number of amides is 3. The Balaban J connectivity index is 1.21. The van der Waals surface area contributed by atoms with Crippen molar-refractivity contribution in [2.75, 3.05) is 49.0 Å². The molecular weight excluding hydrogens is 626 g/mol. The zero-order valence-electron chi connectivity index (χ0n) is 29.6. The average molecular weight is 678 g/mol. The fourth-order valence-electron chi connectivity index (χ4n) is 8.48. The van der Waals surface area contributed by atoms with Crippen molar-refractivity contribution in [3.8, 4) is 5.75 Å². The zero-order valence-corrected chi connectivity index (χ0v) is 29.6. The maximum Gasteiger partial charge on any atom is 0.410 e. The number of fused-ring (bicyclic) bond motifs is 3. The first-order valence-electron chi connectivity index (χ1n) is 17.7. The number of nitrogens with zero attached hydrogens (tertiary/aromatic N) is 5. The van der Waals surface area contributed by atoms with Gasteiger partial charge in [-0.3, -0.25) is 9.59 Å². The van der Waals surface area contributed by atoms with Crippen LogP contribution in [-0.4, -0.2) is 95.0 Å². The number of benzene rings is 1. The maximum absolute atomic E-state index is 13.9. The van der Waals surface area contributed by atoms with Gasteiger partial charge in [-0.25, -0.2) is 9.78 Å². The van der Waals surface area contributed by atoms with E-state index >= 15 is 0 Å². The lowest BCUT2D eigenvalue weighted by Crippen LogP contribution is -2.64. The third kappa shape index (κ3) is 6.61. The first-order chi connectivity index (χ1) is 23.4. The van der Waals surface area contributed by atoms with Gasteiger partial charge in [-0.15, -0.1) is 0 Å². The summed E-state index contributed by atoms with van der Waals surface area (Å²) in [6.07, 6.45) is 8.45. The lowest BCUT2D eigenvalue weighted by Gasteiger charge is -2.48. The summed E-state index contributed by atoms with van der Waals surface area (Å²) in [5.74, 6) is 1.33. The van der Waals surface area contributed by atoms with Gasteiger partial charge in [0.2, 0.25) is 11.9 Å². The summed E-state index contributed by atoms with van der Waals surface area (Å²) in [6, 6.07) is 5.17. The molecule has 2 unspecified atom stereocenters. The van der Waals surface area contributed by atoms with Crippen molar-refractivity contribution in [3.05, 3.63) is 30.0 Å². The molecule has 3 atom stereocenters. The number of likely N-dealkylation sites (tertiary alicyclic amines) is 1. The van der Waals surface area contributed by atoms with E-state index in [-0.39, 0.29) is 48.4 Å². The summed E-state index contributed by atoms with van der Waals surface area (Å²) in [4.78, 5) is 55.1. The number of aliphatic hydroxyl groups excluding tert-OH is 1. The summed E-state index contributed by atoms with van der Waals surface area (Å²) in [6.45, 7) is 8.43. The number of carbonyl (C=O) groups is 3. The Morgan fingerprint density at radius 3 is 2.41 bits per heavy atom. The molecule has 3 heterocycles. The van der Waals surface area contributed by atoms with Crippen LogP contribution in [0.15, 0.2) is 24.4 Å². The number of piperidine rings is 1. The van der Waals surface area contributed by atoms with Gasteiger partial charge in [0.15, 0.2) is 5.82 Å². The monoisotopic (exact) mass is 677 g/mol. The van der Waals surface area contributed by atoms with Crippen molar-refractivity contribution in [1.29, 1.82) is 0 Å². The summed E-state index contributed by atoms with van der Waals surface area (Å²) < 4.78 is 11.4. The van der Waals surface area contributed by atoms with Crippen LogP contribution in [0.2, 0.25) is 0 Å². The van der Waals surface area contributed by atoms with E-state index in [2.05, 4.69) is 20.5 Å². The molecule has 266 valence electrons. The molecule has 1 aromatic heterocycles. The van der Waals surface area contributed by atoms with E-state index in [4.69, 9.17) is 14.5 Å². The van der Waals surface area contributed by atoms with Crippen LogP contribution in [0.25, 0.3) is 0 Å². The van der Waals surface area contributed by atoms with E-state index < -0.39 is 11.1 Å². The molecule has 1 aromatic carbocycles. The SMILES string of the molecule is CC[C@@H]1C(=O)N(C)c2cnc(Nc3ccc(C(=O)NC4(CCO)C5CCC4CN(C(=O)OC(C)(C)C)C5)cc3OC)nc2N1C1CCCC1. The van der Waals surface area contributed by atoms with Gasteiger partial charge >= 0.3 is 6.09 Å². The quantitative estimate of drug-likeness (QED) is 0.336. The Bertz CT molecular complexity index is 1560. The number of methoxy groups -OCH3 is 1. The lowest BCUT2D eigenvalue weighted by molar-refractivity contribution is -0.120. The van der Waals surface area contributed by atoms with Gasteiger partial charge in [0.1, 0.15) is 23.1 Å². The summed E-state index contributed by atoms with van der Waals surface area (Å²) in [5.41, 5.74) is 0.463. The standard InChI is InChI=1S/C36H51N7O6/c1-7-27-32(46)41(5)28-19-37-33(39-30(28)43(27)25-10-8-9-11-25)38-26-15-12-22(18-29(26)48-6)31(45)40-36(16-17-44)23-13-14-24(36)21-42(20-23)34(47)49-35(2,3)4/h12,15,18-19,23-25,27,44H,7-11,13-14,16-17,20-21H2,1-6H3,(H,40,45)(H,37,38,39)/t23?,24?,27-,36?/m1/s1. The van der Waals surface area contributed by atoms with E-state index in [1.807, 2.05) is 27.7 Å². The molecule has 0 radical (unpaired) electrons. The molecule has 2 aliphatic carbocycles. The number of anilines is 4. The predicted molar refractivity (Wildman–Crippen MR) is 186 cm³/mol. The number of aliphatic hydroxyl groups is 1. The van der Waals surface area contributed by atoms with E-state index in [1.165, 1.54) is 0 Å². The van der Waals surface area contributed by atoms with Crippen molar-refractivity contribution in [3.63, 3.8) is 0 Å². The Kier molecular flexibility index (Phi) is 9.67. The van der Waals surface area contributed by atoms with E-state index in [1.54, 1.807) is 48.4 Å². The molecule has 6 rings (SSSR count). The number of likely N-dealkylation sites (N-methyl/N-ethyl adjacent to an activating group) is 1. The normalized spacial score (nSPS) is 25.3. The van der Waals surface area contributed by atoms with Crippen LogP contribution < -0.4 is 25.2 Å². The fourth-order valence-corrected chi connectivity index (χ4v) is 8.48. The molecule has 3 N–H and O–H groups in total. The van der Waals surface area contributed by atoms with Crippen LogP contribution in [0.1, 0.15) is 89.4 Å². The number of rotatable bonds is 9. The van der Waals surface area contributed by atoms with Gasteiger partial charge in [0.05, 0.1) is 24.5 Å². The highest BCUT2D eigenvalue weighted by Gasteiger charge is 2.55. The Morgan fingerprint density at radius 2 is 1.80 bits per heavy atom. The highest BCUT2D eigenvalue weighted by atomic mass is 16.6. The van der Waals surface area contributed by atoms with Gasteiger partial charge in [-0.05, 0) is 77.5 Å². The van der Waals surface area contributed by atoms with Crippen LogP contribution >= 0.6 is 0 Å². The first kappa shape index (κ1) is 34.7. The van der Waals surface area contributed by atoms with E-state index in [9.17, 15) is 19.5 Å². The molecular formula is C36H51N7O6. The molecule has 3 fully saturated rings. The number of ether oxygens (including phenoxy) is 2. The van der Waals surface area contributed by atoms with Crippen molar-refractivity contribution in [2.24, 2.45) is 11.8 Å². The first-order valence-corrected chi connectivity index (χ1v) is 17.7. The molecule has 0 spiro atoms. The Labute approximate surface area is 288 Å². The maximum atomic E-state index is 13.9. The highest BCUT2D eigenvalue weighted by Crippen LogP contribution is 2.48. The number of nitrogens with one attached hydrogen (secondary N) is 2. The van der Waals surface area contributed by atoms with Crippen LogP contribution in [-0.2, 0) is 9.53 Å². The Morgan fingerprint density at radius 1 is 1.10 bits per heavy atom. The van der Waals surface area contributed by atoms with Gasteiger partial charge in [-0.2, -0.15) is 4.98 Å². The van der Waals surface area contributed by atoms with Crippen LogP contribution in [0.3, 0.4) is 0 Å². The summed E-state index contributed by atoms with van der Waals surface area (Å²) >= 11 is 0. The Hall–Kier alpha value is -4.13. The summed E-state index contributed by atoms with van der Waals surface area (Å²) in [7, 11) is 3.32. The summed E-state index contributed by atoms with van der Waals surface area (Å²) in [5, 5.41) is 16.7. The molecule has 2 saturated carbocycles. The molecule has 3 amide bonds. The van der Waals surface area contributed by atoms with Crippen molar-refractivity contribution in [2.45, 2.75) is 102 Å². The second-order valence-corrected chi connectivity index (χ2v) is 14.9. The topological polar surface area (TPSA) is 149 Å². The smallest absolute Gasteiger partial charge is 0.410 e. The van der Waals surface area contributed by atoms with E-state index in [0.717, 1.165) is 44.3 Å². The number of hydrogen-bond donors (Lipinski definition) is 3. The molecule has 2 aromatic rings. The number of hydrogen-bond acceptors (Lipinski definition) is 10. The average Bonchev–Trinajstić information content (AvgIpc) is 3.63. The predicted octanol–water partition coefficient (Wildman–Crippen LogP) is 4.86. The number of aromatic nitrogens is 2.